The Hall–Kier alpha value is -2.14. The van der Waals surface area contributed by atoms with Gasteiger partial charge in [-0.15, -0.1) is 13.2 Å². The normalized spacial score (nSPS) is 22.2. The van der Waals surface area contributed by atoms with Crippen molar-refractivity contribution < 1.29 is 36.6 Å². The van der Waals surface area contributed by atoms with Crippen molar-refractivity contribution in [2.45, 2.75) is 31.5 Å². The number of alkyl halides is 5. The number of amides is 1. The van der Waals surface area contributed by atoms with Gasteiger partial charge < -0.3 is 5.11 Å². The summed E-state index contributed by atoms with van der Waals surface area (Å²) in [6.45, 7) is 1.18. The predicted octanol–water partition coefficient (Wildman–Crippen LogP) is 2.12. The number of ether oxygens (including phenoxy) is 1. The fourth-order valence-electron chi connectivity index (χ4n) is 2.00. The van der Waals surface area contributed by atoms with Crippen molar-refractivity contribution in [3.05, 3.63) is 30.1 Å². The molecule has 2 heterocycles. The van der Waals surface area contributed by atoms with E-state index < -0.39 is 30.5 Å². The number of carbonyl (C=O) groups is 1. The number of nitrogens with zero attached hydrogens (tertiary/aromatic N) is 3. The molecule has 1 atom stereocenters. The molecule has 23 heavy (non-hydrogen) atoms. The van der Waals surface area contributed by atoms with Crippen molar-refractivity contribution in [3.8, 4) is 0 Å². The van der Waals surface area contributed by atoms with Gasteiger partial charge in [0.1, 0.15) is 0 Å². The largest absolute Gasteiger partial charge is 0.527 e. The summed E-state index contributed by atoms with van der Waals surface area (Å²) in [6.07, 6.45) is -9.52. The van der Waals surface area contributed by atoms with E-state index in [0.717, 1.165) is 12.1 Å². The molecule has 0 spiro atoms. The minimum atomic E-state index is -5.72. The second-order valence-electron chi connectivity index (χ2n) is 4.75. The molecule has 0 unspecified atom stereocenters. The molecule has 1 aliphatic rings. The monoisotopic (exact) mass is 339 g/mol. The van der Waals surface area contributed by atoms with Crippen LogP contribution in [0.15, 0.2) is 29.6 Å². The van der Waals surface area contributed by atoms with E-state index in [1.807, 2.05) is 0 Å². The van der Waals surface area contributed by atoms with Gasteiger partial charge in [0.05, 0.1) is 0 Å². The molecule has 1 aromatic rings. The van der Waals surface area contributed by atoms with Gasteiger partial charge in [-0.05, 0) is 19.1 Å². The lowest BCUT2D eigenvalue weighted by Crippen LogP contribution is -2.61. The van der Waals surface area contributed by atoms with Crippen LogP contribution in [0.5, 0.6) is 0 Å². The number of aliphatic hydroxyl groups is 1. The maximum absolute atomic E-state index is 13.8. The standard InChI is InChI=1S/C12H10F5N3O3/c1-7-6-10(22,11(13,14)23-12(15,16)17)20(19-7)9(21)8-2-4-18-5-3-8/h2-5,22H,6H2,1H3/t10-/m1/s1. The van der Waals surface area contributed by atoms with Crippen molar-refractivity contribution >= 4 is 11.6 Å². The number of pyridine rings is 1. The van der Waals surface area contributed by atoms with Crippen LogP contribution in [-0.4, -0.2) is 44.9 Å². The number of hydrazone groups is 1. The Kier molecular flexibility index (Phi) is 4.11. The zero-order valence-corrected chi connectivity index (χ0v) is 11.5. The molecular formula is C12H10F5N3O3. The predicted molar refractivity (Wildman–Crippen MR) is 65.2 cm³/mol. The number of carbonyl (C=O) groups excluding carboxylic acids is 1. The van der Waals surface area contributed by atoms with Gasteiger partial charge in [-0.25, -0.2) is 4.74 Å². The van der Waals surface area contributed by atoms with Crippen LogP contribution >= 0.6 is 0 Å². The van der Waals surface area contributed by atoms with E-state index in [2.05, 4.69) is 14.8 Å². The van der Waals surface area contributed by atoms with Crippen LogP contribution < -0.4 is 0 Å². The molecule has 126 valence electrons. The molecule has 1 amide bonds. The van der Waals surface area contributed by atoms with Crippen molar-refractivity contribution in [1.29, 1.82) is 0 Å². The van der Waals surface area contributed by atoms with Crippen molar-refractivity contribution in [1.82, 2.24) is 9.99 Å². The Morgan fingerprint density at radius 1 is 1.30 bits per heavy atom. The van der Waals surface area contributed by atoms with Gasteiger partial charge in [-0.3, -0.25) is 9.78 Å². The summed E-state index contributed by atoms with van der Waals surface area (Å²) in [7, 11) is 0. The Bertz CT molecular complexity index is 635. The highest BCUT2D eigenvalue weighted by Crippen LogP contribution is 2.43. The summed E-state index contributed by atoms with van der Waals surface area (Å²) >= 11 is 0. The third kappa shape index (κ3) is 3.29. The Morgan fingerprint density at radius 2 is 1.87 bits per heavy atom. The molecule has 0 radical (unpaired) electrons. The molecule has 0 aliphatic carbocycles. The second-order valence-corrected chi connectivity index (χ2v) is 4.75. The highest BCUT2D eigenvalue weighted by atomic mass is 19.4. The highest BCUT2D eigenvalue weighted by Gasteiger charge is 2.66. The second kappa shape index (κ2) is 5.49. The molecular weight excluding hydrogens is 329 g/mol. The molecule has 1 aliphatic heterocycles. The van der Waals surface area contributed by atoms with Crippen molar-refractivity contribution in [2.75, 3.05) is 0 Å². The average molecular weight is 339 g/mol. The van der Waals surface area contributed by atoms with Gasteiger partial charge in [-0.2, -0.15) is 18.9 Å². The van der Waals surface area contributed by atoms with Crippen LogP contribution in [0.2, 0.25) is 0 Å². The fraction of sp³-hybridized carbons (Fsp3) is 0.417. The topological polar surface area (TPSA) is 75.0 Å². The van der Waals surface area contributed by atoms with Crippen LogP contribution in [0.1, 0.15) is 23.7 Å². The lowest BCUT2D eigenvalue weighted by Gasteiger charge is -2.36. The van der Waals surface area contributed by atoms with E-state index >= 15 is 0 Å². The first-order valence-electron chi connectivity index (χ1n) is 6.12. The summed E-state index contributed by atoms with van der Waals surface area (Å²) in [5.41, 5.74) is -3.97. The lowest BCUT2D eigenvalue weighted by atomic mass is 10.1. The van der Waals surface area contributed by atoms with Crippen LogP contribution in [0.3, 0.4) is 0 Å². The summed E-state index contributed by atoms with van der Waals surface area (Å²) in [6, 6.07) is 2.27. The molecule has 0 saturated carbocycles. The minimum Gasteiger partial charge on any atom is -0.362 e. The summed E-state index contributed by atoms with van der Waals surface area (Å²) in [5, 5.41) is 13.4. The maximum atomic E-state index is 13.8. The van der Waals surface area contributed by atoms with Gasteiger partial charge in [0, 0.05) is 30.1 Å². The SMILES string of the molecule is CC1=NN(C(=O)c2ccncc2)[C@](O)(C(F)(F)OC(F)(F)F)C1. The van der Waals surface area contributed by atoms with E-state index in [4.69, 9.17) is 0 Å². The third-order valence-corrected chi connectivity index (χ3v) is 2.95. The van der Waals surface area contributed by atoms with Crippen LogP contribution in [0.4, 0.5) is 22.0 Å². The Balaban J connectivity index is 2.39. The molecule has 11 heteroatoms. The number of hydrogen-bond acceptors (Lipinski definition) is 5. The van der Waals surface area contributed by atoms with E-state index in [-0.39, 0.29) is 16.3 Å². The Labute approximate surface area is 126 Å². The zero-order valence-electron chi connectivity index (χ0n) is 11.5. The summed E-state index contributed by atoms with van der Waals surface area (Å²) in [4.78, 5) is 15.8. The number of aromatic nitrogens is 1. The molecule has 0 saturated heterocycles. The molecule has 6 nitrogen and oxygen atoms in total. The van der Waals surface area contributed by atoms with E-state index in [1.54, 1.807) is 0 Å². The fourth-order valence-corrected chi connectivity index (χ4v) is 2.00. The summed E-state index contributed by atoms with van der Waals surface area (Å²) < 4.78 is 66.9. The van der Waals surface area contributed by atoms with Gasteiger partial charge >= 0.3 is 12.5 Å². The molecule has 0 bridgehead atoms. The zero-order chi connectivity index (χ0) is 17.5. The first-order valence-corrected chi connectivity index (χ1v) is 6.12. The molecule has 0 aromatic carbocycles. The number of hydrogen-bond donors (Lipinski definition) is 1. The van der Waals surface area contributed by atoms with Gasteiger partial charge in [0.2, 0.25) is 0 Å². The van der Waals surface area contributed by atoms with Crippen LogP contribution in [0.25, 0.3) is 0 Å². The first kappa shape index (κ1) is 17.2. The van der Waals surface area contributed by atoms with Gasteiger partial charge in [-0.1, -0.05) is 0 Å². The third-order valence-electron chi connectivity index (χ3n) is 2.95. The van der Waals surface area contributed by atoms with Crippen molar-refractivity contribution in [2.24, 2.45) is 5.10 Å². The Morgan fingerprint density at radius 3 is 2.39 bits per heavy atom. The molecule has 2 rings (SSSR count). The van der Waals surface area contributed by atoms with Crippen molar-refractivity contribution in [3.63, 3.8) is 0 Å². The van der Waals surface area contributed by atoms with Gasteiger partial charge in [0.15, 0.2) is 0 Å². The van der Waals surface area contributed by atoms with Crippen LogP contribution in [0, 0.1) is 0 Å². The van der Waals surface area contributed by atoms with Gasteiger partial charge in [0.25, 0.3) is 11.6 Å². The summed E-state index contributed by atoms with van der Waals surface area (Å²) in [5.74, 6) is -1.22. The molecule has 0 fully saturated rings. The van der Waals surface area contributed by atoms with E-state index in [1.165, 1.54) is 19.3 Å². The molecule has 1 aromatic heterocycles. The quantitative estimate of drug-likeness (QED) is 0.856. The van der Waals surface area contributed by atoms with Crippen LogP contribution in [-0.2, 0) is 4.74 Å². The van der Waals surface area contributed by atoms with E-state index in [9.17, 15) is 31.9 Å². The lowest BCUT2D eigenvalue weighted by molar-refractivity contribution is -0.468. The minimum absolute atomic E-state index is 0.108. The molecule has 1 N–H and O–H groups in total. The smallest absolute Gasteiger partial charge is 0.362 e. The number of halogens is 5. The highest BCUT2D eigenvalue weighted by molar-refractivity contribution is 5.97. The average Bonchev–Trinajstić information content (AvgIpc) is 2.73. The number of rotatable bonds is 3. The maximum Gasteiger partial charge on any atom is 0.527 e. The first-order chi connectivity index (χ1) is 10.5. The van der Waals surface area contributed by atoms with E-state index in [0.29, 0.717) is 0 Å².